The van der Waals surface area contributed by atoms with Crippen molar-refractivity contribution >= 4 is 35.2 Å². The largest absolute Gasteiger partial charge is 0.481 e. The van der Waals surface area contributed by atoms with E-state index in [1.54, 1.807) is 12.1 Å². The zero-order valence-corrected chi connectivity index (χ0v) is 13.6. The van der Waals surface area contributed by atoms with Gasteiger partial charge < -0.3 is 15.7 Å². The number of halogens is 1. The molecule has 3 N–H and O–H groups in total. The topological polar surface area (TPSA) is 98.7 Å². The Morgan fingerprint density at radius 1 is 1.43 bits per heavy atom. The van der Waals surface area contributed by atoms with Crippen molar-refractivity contribution in [3.05, 3.63) is 28.8 Å². The van der Waals surface area contributed by atoms with Crippen LogP contribution in [0.2, 0.25) is 5.02 Å². The second kappa shape index (κ2) is 6.45. The van der Waals surface area contributed by atoms with E-state index in [1.807, 2.05) is 0 Å². The molecule has 1 saturated heterocycles. The van der Waals surface area contributed by atoms with Crippen LogP contribution in [0.25, 0.3) is 0 Å². The molecule has 0 radical (unpaired) electrons. The molecule has 3 amide bonds. The SMILES string of the molecule is CC(C)(CNC(=O)c1cc(N2CCNC2=O)ccc1Cl)C(=O)O. The minimum Gasteiger partial charge on any atom is -0.481 e. The Hall–Kier alpha value is -2.28. The predicted molar refractivity (Wildman–Crippen MR) is 85.9 cm³/mol. The Bertz CT molecular complexity index is 660. The summed E-state index contributed by atoms with van der Waals surface area (Å²) < 4.78 is 0. The lowest BCUT2D eigenvalue weighted by atomic mass is 9.94. The third kappa shape index (κ3) is 3.73. The minimum atomic E-state index is -1.09. The van der Waals surface area contributed by atoms with E-state index in [9.17, 15) is 14.4 Å². The van der Waals surface area contributed by atoms with Gasteiger partial charge in [-0.1, -0.05) is 11.6 Å². The second-order valence-electron chi connectivity index (χ2n) is 5.92. The zero-order chi connectivity index (χ0) is 17.2. The molecular weight excluding hydrogens is 322 g/mol. The smallest absolute Gasteiger partial charge is 0.321 e. The minimum absolute atomic E-state index is 0.0358. The molecule has 1 aromatic rings. The Labute approximate surface area is 138 Å². The van der Waals surface area contributed by atoms with Crippen molar-refractivity contribution in [1.29, 1.82) is 0 Å². The van der Waals surface area contributed by atoms with Gasteiger partial charge in [-0.15, -0.1) is 0 Å². The first kappa shape index (κ1) is 17.1. The van der Waals surface area contributed by atoms with Gasteiger partial charge >= 0.3 is 12.0 Å². The van der Waals surface area contributed by atoms with Gasteiger partial charge in [-0.25, -0.2) is 4.79 Å². The number of carboxylic acid groups (broad SMARTS) is 1. The number of benzene rings is 1. The molecule has 1 aliphatic rings. The van der Waals surface area contributed by atoms with Crippen molar-refractivity contribution in [3.63, 3.8) is 0 Å². The molecular formula is C15H18ClN3O4. The maximum absolute atomic E-state index is 12.3. The van der Waals surface area contributed by atoms with Gasteiger partial charge in [0, 0.05) is 25.3 Å². The second-order valence-corrected chi connectivity index (χ2v) is 6.33. The Morgan fingerprint density at radius 3 is 2.70 bits per heavy atom. The maximum Gasteiger partial charge on any atom is 0.321 e. The van der Waals surface area contributed by atoms with Gasteiger partial charge in [-0.2, -0.15) is 0 Å². The molecule has 8 heteroatoms. The summed E-state index contributed by atoms with van der Waals surface area (Å²) in [5.74, 6) is -1.49. The number of carbonyl (C=O) groups excluding carboxylic acids is 2. The summed E-state index contributed by atoms with van der Waals surface area (Å²) >= 11 is 6.05. The summed E-state index contributed by atoms with van der Waals surface area (Å²) in [6.45, 7) is 4.04. The van der Waals surface area contributed by atoms with E-state index >= 15 is 0 Å². The number of amides is 3. The van der Waals surface area contributed by atoms with E-state index in [2.05, 4.69) is 10.6 Å². The van der Waals surface area contributed by atoms with Crippen molar-refractivity contribution in [1.82, 2.24) is 10.6 Å². The van der Waals surface area contributed by atoms with Crippen molar-refractivity contribution in [2.45, 2.75) is 13.8 Å². The summed E-state index contributed by atoms with van der Waals surface area (Å²) in [4.78, 5) is 36.5. The van der Waals surface area contributed by atoms with Gasteiger partial charge in [-0.05, 0) is 32.0 Å². The molecule has 0 aliphatic carbocycles. The molecule has 2 rings (SSSR count). The van der Waals surface area contributed by atoms with E-state index in [-0.39, 0.29) is 23.2 Å². The van der Waals surface area contributed by atoms with E-state index < -0.39 is 17.3 Å². The first-order valence-corrected chi connectivity index (χ1v) is 7.47. The fourth-order valence-corrected chi connectivity index (χ4v) is 2.25. The number of hydrogen-bond acceptors (Lipinski definition) is 3. The fourth-order valence-electron chi connectivity index (χ4n) is 2.05. The quantitative estimate of drug-likeness (QED) is 0.760. The summed E-state index contributed by atoms with van der Waals surface area (Å²) in [7, 11) is 0. The van der Waals surface area contributed by atoms with Gasteiger partial charge in [0.25, 0.3) is 5.91 Å². The highest BCUT2D eigenvalue weighted by Crippen LogP contribution is 2.24. The molecule has 124 valence electrons. The number of carbonyl (C=O) groups is 3. The lowest BCUT2D eigenvalue weighted by Gasteiger charge is -2.20. The molecule has 0 aromatic heterocycles. The van der Waals surface area contributed by atoms with Crippen LogP contribution in [-0.4, -0.2) is 42.6 Å². The average Bonchev–Trinajstić information content (AvgIpc) is 2.91. The number of anilines is 1. The van der Waals surface area contributed by atoms with Crippen molar-refractivity contribution in [3.8, 4) is 0 Å². The third-order valence-corrected chi connectivity index (χ3v) is 3.96. The number of carboxylic acids is 1. The number of rotatable bonds is 5. The average molecular weight is 340 g/mol. The summed E-state index contributed by atoms with van der Waals surface area (Å²) in [6.07, 6.45) is 0. The van der Waals surface area contributed by atoms with Crippen molar-refractivity contribution < 1.29 is 19.5 Å². The van der Waals surface area contributed by atoms with Gasteiger partial charge in [-0.3, -0.25) is 14.5 Å². The Morgan fingerprint density at radius 2 is 2.13 bits per heavy atom. The van der Waals surface area contributed by atoms with Crippen LogP contribution in [0.1, 0.15) is 24.2 Å². The number of hydrogen-bond donors (Lipinski definition) is 3. The Balaban J connectivity index is 2.17. The molecule has 0 spiro atoms. The van der Waals surface area contributed by atoms with Gasteiger partial charge in [0.2, 0.25) is 0 Å². The molecule has 1 aromatic carbocycles. The normalized spacial score (nSPS) is 14.6. The van der Waals surface area contributed by atoms with Gasteiger partial charge in [0.15, 0.2) is 0 Å². The van der Waals surface area contributed by atoms with Gasteiger partial charge in [0.1, 0.15) is 0 Å². The highest BCUT2D eigenvalue weighted by molar-refractivity contribution is 6.34. The lowest BCUT2D eigenvalue weighted by Crippen LogP contribution is -2.39. The van der Waals surface area contributed by atoms with Gasteiger partial charge in [0.05, 0.1) is 16.0 Å². The highest BCUT2D eigenvalue weighted by Gasteiger charge is 2.28. The van der Waals surface area contributed by atoms with E-state index in [0.717, 1.165) is 0 Å². The van der Waals surface area contributed by atoms with Crippen LogP contribution in [-0.2, 0) is 4.79 Å². The molecule has 1 heterocycles. The van der Waals surface area contributed by atoms with Crippen LogP contribution < -0.4 is 15.5 Å². The number of aliphatic carboxylic acids is 1. The molecule has 1 fully saturated rings. The molecule has 0 unspecified atom stereocenters. The lowest BCUT2D eigenvalue weighted by molar-refractivity contribution is -0.146. The van der Waals surface area contributed by atoms with Crippen LogP contribution in [0.3, 0.4) is 0 Å². The van der Waals surface area contributed by atoms with Crippen LogP contribution in [0.15, 0.2) is 18.2 Å². The van der Waals surface area contributed by atoms with Crippen molar-refractivity contribution in [2.24, 2.45) is 5.41 Å². The monoisotopic (exact) mass is 339 g/mol. The number of nitrogens with zero attached hydrogens (tertiary/aromatic N) is 1. The van der Waals surface area contributed by atoms with E-state index in [0.29, 0.717) is 18.8 Å². The first-order chi connectivity index (χ1) is 10.7. The standard InChI is InChI=1S/C15H18ClN3O4/c1-15(2,13(21)22)8-18-12(20)10-7-9(3-4-11(10)16)19-6-5-17-14(19)23/h3-4,7H,5-6,8H2,1-2H3,(H,17,23)(H,18,20)(H,21,22). The zero-order valence-electron chi connectivity index (χ0n) is 12.9. The fraction of sp³-hybridized carbons (Fsp3) is 0.400. The molecule has 23 heavy (non-hydrogen) atoms. The molecule has 0 saturated carbocycles. The van der Waals surface area contributed by atoms with E-state index in [4.69, 9.17) is 16.7 Å². The summed E-state index contributed by atoms with van der Waals surface area (Å²) in [5.41, 5.74) is -0.328. The van der Waals surface area contributed by atoms with Crippen LogP contribution in [0, 0.1) is 5.41 Å². The number of nitrogens with one attached hydrogen (secondary N) is 2. The van der Waals surface area contributed by atoms with Crippen LogP contribution in [0.5, 0.6) is 0 Å². The highest BCUT2D eigenvalue weighted by atomic mass is 35.5. The first-order valence-electron chi connectivity index (χ1n) is 7.09. The molecule has 7 nitrogen and oxygen atoms in total. The maximum atomic E-state index is 12.3. The molecule has 1 aliphatic heterocycles. The van der Waals surface area contributed by atoms with E-state index in [1.165, 1.54) is 24.8 Å². The molecule has 0 bridgehead atoms. The third-order valence-electron chi connectivity index (χ3n) is 3.63. The summed E-state index contributed by atoms with van der Waals surface area (Å²) in [6, 6.07) is 4.49. The van der Waals surface area contributed by atoms with Crippen LogP contribution >= 0.6 is 11.6 Å². The molecule has 0 atom stereocenters. The van der Waals surface area contributed by atoms with Crippen molar-refractivity contribution in [2.75, 3.05) is 24.5 Å². The Kier molecular flexibility index (Phi) is 4.79. The summed E-state index contributed by atoms with van der Waals surface area (Å²) in [5, 5.41) is 14.5. The number of urea groups is 1. The predicted octanol–water partition coefficient (Wildman–Crippen LogP) is 1.71. The van der Waals surface area contributed by atoms with Crippen LogP contribution in [0.4, 0.5) is 10.5 Å².